The van der Waals surface area contributed by atoms with Crippen LogP contribution < -0.4 is 9.47 Å². The number of carbonyl (C=O) groups excluding carboxylic acids is 2. The monoisotopic (exact) mass is 325 g/mol. The highest BCUT2D eigenvalue weighted by molar-refractivity contribution is 8.00. The van der Waals surface area contributed by atoms with E-state index < -0.39 is 11.9 Å². The molecule has 0 saturated carbocycles. The van der Waals surface area contributed by atoms with Gasteiger partial charge in [0.15, 0.2) is 11.5 Å². The van der Waals surface area contributed by atoms with Crippen LogP contribution in [-0.4, -0.2) is 54.8 Å². The van der Waals surface area contributed by atoms with E-state index in [1.165, 1.54) is 4.90 Å². The molecule has 7 heteroatoms. The molecule has 22 heavy (non-hydrogen) atoms. The van der Waals surface area contributed by atoms with Crippen LogP contribution in [0.3, 0.4) is 0 Å². The molecule has 0 aliphatic carbocycles. The van der Waals surface area contributed by atoms with Crippen LogP contribution in [-0.2, 0) is 14.3 Å². The van der Waals surface area contributed by atoms with E-state index in [-0.39, 0.29) is 18.6 Å². The highest BCUT2D eigenvalue weighted by Gasteiger charge is 2.34. The second-order valence-corrected chi connectivity index (χ2v) is 5.79. The van der Waals surface area contributed by atoms with Crippen LogP contribution in [0.5, 0.6) is 11.5 Å². The molecule has 6 nitrogen and oxygen atoms in total. The molecule has 1 heterocycles. The molecule has 0 radical (unpaired) electrons. The van der Waals surface area contributed by atoms with Crippen LogP contribution in [0.4, 0.5) is 0 Å². The van der Waals surface area contributed by atoms with Crippen LogP contribution in [0.15, 0.2) is 24.3 Å². The molecule has 0 bridgehead atoms. The quantitative estimate of drug-likeness (QED) is 0.604. The van der Waals surface area contributed by atoms with Crippen molar-refractivity contribution in [2.75, 3.05) is 32.6 Å². The van der Waals surface area contributed by atoms with Crippen molar-refractivity contribution in [3.05, 3.63) is 24.3 Å². The summed E-state index contributed by atoms with van der Waals surface area (Å²) in [6, 6.07) is 7.31. The Morgan fingerprint density at radius 2 is 2.05 bits per heavy atom. The van der Waals surface area contributed by atoms with Gasteiger partial charge < -0.3 is 19.1 Å². The number of nitrogens with zero attached hydrogens (tertiary/aromatic N) is 1. The first-order chi connectivity index (χ1) is 10.7. The molecule has 1 unspecified atom stereocenters. The predicted molar refractivity (Wildman–Crippen MR) is 83.1 cm³/mol. The van der Waals surface area contributed by atoms with Crippen molar-refractivity contribution >= 4 is 23.6 Å². The summed E-state index contributed by atoms with van der Waals surface area (Å²) in [5.41, 5.74) is 0. The normalized spacial score (nSPS) is 17.2. The molecule has 1 fully saturated rings. The first-order valence-electron chi connectivity index (χ1n) is 7.02. The average Bonchev–Trinajstić information content (AvgIpc) is 3.01. The van der Waals surface area contributed by atoms with Gasteiger partial charge in [0.05, 0.1) is 13.7 Å². The van der Waals surface area contributed by atoms with E-state index in [1.54, 1.807) is 37.9 Å². The second-order valence-electron chi connectivity index (χ2n) is 4.51. The van der Waals surface area contributed by atoms with Crippen molar-refractivity contribution in [1.82, 2.24) is 4.90 Å². The van der Waals surface area contributed by atoms with Gasteiger partial charge in [0, 0.05) is 12.3 Å². The van der Waals surface area contributed by atoms with Crippen molar-refractivity contribution in [2.24, 2.45) is 0 Å². The maximum absolute atomic E-state index is 12.0. The third kappa shape index (κ3) is 3.85. The van der Waals surface area contributed by atoms with Gasteiger partial charge in [0.2, 0.25) is 0 Å². The Balaban J connectivity index is 1.97. The van der Waals surface area contributed by atoms with Gasteiger partial charge >= 0.3 is 11.9 Å². The maximum Gasteiger partial charge on any atom is 0.397 e. The Morgan fingerprint density at radius 3 is 2.73 bits per heavy atom. The Bertz CT molecular complexity index is 536. The minimum Gasteiger partial charge on any atom is -0.493 e. The van der Waals surface area contributed by atoms with Gasteiger partial charge in [0.25, 0.3) is 0 Å². The summed E-state index contributed by atoms with van der Waals surface area (Å²) in [6.07, 6.45) is 0. The number of para-hydroxylation sites is 2. The lowest BCUT2D eigenvalue weighted by atomic mass is 10.3. The number of methoxy groups -OCH3 is 1. The molecule has 1 aliphatic rings. The summed E-state index contributed by atoms with van der Waals surface area (Å²) in [7, 11) is 1.57. The van der Waals surface area contributed by atoms with Gasteiger partial charge in [-0.3, -0.25) is 4.79 Å². The molecule has 1 amide bonds. The largest absolute Gasteiger partial charge is 0.493 e. The highest BCUT2D eigenvalue weighted by Crippen LogP contribution is 2.29. The number of esters is 1. The minimum absolute atomic E-state index is 0.188. The fourth-order valence-electron chi connectivity index (χ4n) is 2.10. The summed E-state index contributed by atoms with van der Waals surface area (Å²) in [5.74, 6) is 0.591. The third-order valence-corrected chi connectivity index (χ3v) is 4.35. The van der Waals surface area contributed by atoms with E-state index in [4.69, 9.17) is 14.2 Å². The molecular formula is C15H19NO5S. The summed E-state index contributed by atoms with van der Waals surface area (Å²) in [5, 5.41) is -0.207. The van der Waals surface area contributed by atoms with Gasteiger partial charge in [-0.2, -0.15) is 0 Å². The number of amides is 1. The van der Waals surface area contributed by atoms with Crippen molar-refractivity contribution in [3.63, 3.8) is 0 Å². The summed E-state index contributed by atoms with van der Waals surface area (Å²) >= 11 is 1.58. The lowest BCUT2D eigenvalue weighted by molar-refractivity contribution is -0.160. The number of thioether (sulfide) groups is 1. The standard InChI is InChI=1S/C15H19NO5S/c1-3-20-15(18)14(17)16-8-9-22-13(16)10-21-12-7-5-4-6-11(12)19-2/h4-7,13H,3,8-10H2,1-2H3. The van der Waals surface area contributed by atoms with Crippen LogP contribution in [0.1, 0.15) is 6.92 Å². The summed E-state index contributed by atoms with van der Waals surface area (Å²) < 4.78 is 15.7. The molecule has 1 aliphatic heterocycles. The molecule has 2 rings (SSSR count). The molecule has 1 atom stereocenters. The van der Waals surface area contributed by atoms with E-state index in [0.717, 1.165) is 5.75 Å². The predicted octanol–water partition coefficient (Wildman–Crippen LogP) is 1.54. The van der Waals surface area contributed by atoms with Crippen LogP contribution >= 0.6 is 11.8 Å². The lowest BCUT2D eigenvalue weighted by Crippen LogP contribution is -2.42. The summed E-state index contributed by atoms with van der Waals surface area (Å²) in [4.78, 5) is 25.1. The molecule has 1 aromatic carbocycles. The van der Waals surface area contributed by atoms with Crippen LogP contribution in [0, 0.1) is 0 Å². The number of benzene rings is 1. The molecule has 0 N–H and O–H groups in total. The molecule has 0 spiro atoms. The van der Waals surface area contributed by atoms with E-state index in [1.807, 2.05) is 12.1 Å². The first kappa shape index (κ1) is 16.5. The van der Waals surface area contributed by atoms with Gasteiger partial charge in [0.1, 0.15) is 12.0 Å². The Hall–Kier alpha value is -1.89. The Kier molecular flexibility index (Phi) is 5.94. The number of hydrogen-bond donors (Lipinski definition) is 0. The maximum atomic E-state index is 12.0. The van der Waals surface area contributed by atoms with Gasteiger partial charge in [-0.05, 0) is 19.1 Å². The Morgan fingerprint density at radius 1 is 1.32 bits per heavy atom. The van der Waals surface area contributed by atoms with E-state index in [9.17, 15) is 9.59 Å². The van der Waals surface area contributed by atoms with Crippen LogP contribution in [0.2, 0.25) is 0 Å². The highest BCUT2D eigenvalue weighted by atomic mass is 32.2. The SMILES string of the molecule is CCOC(=O)C(=O)N1CCSC1COc1ccccc1OC. The van der Waals surface area contributed by atoms with Gasteiger partial charge in [-0.1, -0.05) is 12.1 Å². The topological polar surface area (TPSA) is 65.1 Å². The number of carbonyl (C=O) groups is 2. The van der Waals surface area contributed by atoms with E-state index in [2.05, 4.69) is 0 Å². The van der Waals surface area contributed by atoms with Gasteiger partial charge in [-0.15, -0.1) is 11.8 Å². The Labute approximate surface area is 133 Å². The van der Waals surface area contributed by atoms with Crippen LogP contribution in [0.25, 0.3) is 0 Å². The molecule has 0 aromatic heterocycles. The second kappa shape index (κ2) is 7.93. The minimum atomic E-state index is -0.813. The average molecular weight is 325 g/mol. The molecule has 1 saturated heterocycles. The van der Waals surface area contributed by atoms with Crippen molar-refractivity contribution in [2.45, 2.75) is 12.3 Å². The molecule has 120 valence electrons. The summed E-state index contributed by atoms with van der Waals surface area (Å²) in [6.45, 7) is 2.67. The van der Waals surface area contributed by atoms with E-state index >= 15 is 0 Å². The van der Waals surface area contributed by atoms with Gasteiger partial charge in [-0.25, -0.2) is 4.79 Å². The van der Waals surface area contributed by atoms with Crippen molar-refractivity contribution < 1.29 is 23.8 Å². The third-order valence-electron chi connectivity index (χ3n) is 3.15. The zero-order valence-electron chi connectivity index (χ0n) is 12.6. The number of rotatable bonds is 5. The molecular weight excluding hydrogens is 306 g/mol. The zero-order chi connectivity index (χ0) is 15.9. The van der Waals surface area contributed by atoms with Crippen molar-refractivity contribution in [1.29, 1.82) is 0 Å². The fraction of sp³-hybridized carbons (Fsp3) is 0.467. The number of ether oxygens (including phenoxy) is 3. The lowest BCUT2D eigenvalue weighted by Gasteiger charge is -2.23. The number of hydrogen-bond acceptors (Lipinski definition) is 6. The molecule has 1 aromatic rings. The van der Waals surface area contributed by atoms with Crippen molar-refractivity contribution in [3.8, 4) is 11.5 Å². The smallest absolute Gasteiger partial charge is 0.397 e. The first-order valence-corrected chi connectivity index (χ1v) is 8.07. The fourth-order valence-corrected chi connectivity index (χ4v) is 3.22. The van der Waals surface area contributed by atoms with E-state index in [0.29, 0.717) is 18.0 Å². The zero-order valence-corrected chi connectivity index (χ0v) is 13.4.